The molecule has 2 bridgehead atoms. The van der Waals surface area contributed by atoms with Gasteiger partial charge >= 0.3 is 0 Å². The number of carbonyl (C=O) groups is 2. The van der Waals surface area contributed by atoms with Gasteiger partial charge in [-0.15, -0.1) is 0 Å². The van der Waals surface area contributed by atoms with Gasteiger partial charge < -0.3 is 4.74 Å². The molecule has 14 heavy (non-hydrogen) atoms. The topological polar surface area (TPSA) is 43.4 Å². The van der Waals surface area contributed by atoms with Gasteiger partial charge in [-0.1, -0.05) is 11.6 Å². The Morgan fingerprint density at radius 2 is 2.14 bits per heavy atom. The SMILES string of the molecule is CCO[C@@H]1C[C@H]2C(=O)C(=O)[C@@H]1C=C2C. The van der Waals surface area contributed by atoms with Crippen LogP contribution in [0.2, 0.25) is 0 Å². The third-order valence-corrected chi connectivity index (χ3v) is 3.10. The lowest BCUT2D eigenvalue weighted by Gasteiger charge is -2.37. The van der Waals surface area contributed by atoms with E-state index >= 15 is 0 Å². The predicted molar refractivity (Wildman–Crippen MR) is 50.8 cm³/mol. The summed E-state index contributed by atoms with van der Waals surface area (Å²) in [5.74, 6) is -0.993. The first-order chi connectivity index (χ1) is 6.65. The highest BCUT2D eigenvalue weighted by Gasteiger charge is 2.46. The van der Waals surface area contributed by atoms with Crippen LogP contribution in [0.4, 0.5) is 0 Å². The number of rotatable bonds is 2. The second kappa shape index (κ2) is 3.31. The van der Waals surface area contributed by atoms with Crippen molar-refractivity contribution >= 4 is 11.6 Å². The first kappa shape index (κ1) is 9.59. The smallest absolute Gasteiger partial charge is 0.208 e. The minimum atomic E-state index is -0.313. The number of hydrogen-bond acceptors (Lipinski definition) is 3. The van der Waals surface area contributed by atoms with Gasteiger partial charge in [0, 0.05) is 12.5 Å². The molecule has 3 rings (SSSR count). The molecule has 0 aromatic rings. The molecule has 0 amide bonds. The summed E-state index contributed by atoms with van der Waals surface area (Å²) in [6.45, 7) is 4.43. The van der Waals surface area contributed by atoms with Crippen molar-refractivity contribution in [2.45, 2.75) is 26.4 Å². The van der Waals surface area contributed by atoms with Crippen molar-refractivity contribution in [2.24, 2.45) is 11.8 Å². The summed E-state index contributed by atoms with van der Waals surface area (Å²) in [6.07, 6.45) is 2.52. The van der Waals surface area contributed by atoms with E-state index in [0.29, 0.717) is 13.0 Å². The average Bonchev–Trinajstić information content (AvgIpc) is 2.16. The highest BCUT2D eigenvalue weighted by atomic mass is 16.5. The van der Waals surface area contributed by atoms with Crippen LogP contribution in [-0.2, 0) is 14.3 Å². The van der Waals surface area contributed by atoms with Crippen molar-refractivity contribution in [1.29, 1.82) is 0 Å². The molecule has 0 aromatic carbocycles. The third-order valence-electron chi connectivity index (χ3n) is 3.10. The Bertz CT molecular complexity index is 316. The second-order valence-corrected chi connectivity index (χ2v) is 3.95. The van der Waals surface area contributed by atoms with E-state index in [1.54, 1.807) is 0 Å². The fraction of sp³-hybridized carbons (Fsp3) is 0.636. The first-order valence-corrected chi connectivity index (χ1v) is 5.03. The zero-order chi connectivity index (χ0) is 10.3. The largest absolute Gasteiger partial charge is 0.377 e. The number of Topliss-reactive ketones (excluding diaryl/α,β-unsaturated/α-hetero) is 2. The van der Waals surface area contributed by atoms with Gasteiger partial charge in [0.15, 0.2) is 0 Å². The van der Waals surface area contributed by atoms with E-state index in [4.69, 9.17) is 4.74 Å². The number of allylic oxidation sites excluding steroid dienone is 1. The van der Waals surface area contributed by atoms with Crippen molar-refractivity contribution in [3.63, 3.8) is 0 Å². The van der Waals surface area contributed by atoms with E-state index in [2.05, 4.69) is 0 Å². The molecule has 3 atom stereocenters. The summed E-state index contributed by atoms with van der Waals surface area (Å²) in [5.41, 5.74) is 1.04. The lowest BCUT2D eigenvalue weighted by Crippen LogP contribution is -2.48. The lowest BCUT2D eigenvalue weighted by atomic mass is 9.68. The molecule has 1 fully saturated rings. The summed E-state index contributed by atoms with van der Waals surface area (Å²) in [6, 6.07) is 0. The molecule has 76 valence electrons. The fourth-order valence-corrected chi connectivity index (χ4v) is 2.35. The quantitative estimate of drug-likeness (QED) is 0.489. The van der Waals surface area contributed by atoms with E-state index in [1.807, 2.05) is 19.9 Å². The third kappa shape index (κ3) is 1.23. The van der Waals surface area contributed by atoms with Crippen LogP contribution in [0.15, 0.2) is 11.6 Å². The van der Waals surface area contributed by atoms with Crippen molar-refractivity contribution < 1.29 is 14.3 Å². The van der Waals surface area contributed by atoms with Gasteiger partial charge in [-0.05, 0) is 20.3 Å². The molecule has 0 saturated heterocycles. The van der Waals surface area contributed by atoms with Crippen LogP contribution in [-0.4, -0.2) is 24.3 Å². The van der Waals surface area contributed by atoms with E-state index in [1.165, 1.54) is 0 Å². The number of hydrogen-bond donors (Lipinski definition) is 0. The molecular formula is C11H14O3. The monoisotopic (exact) mass is 194 g/mol. The normalized spacial score (nSPS) is 36.1. The molecule has 0 spiro atoms. The van der Waals surface area contributed by atoms with Crippen molar-refractivity contribution in [3.05, 3.63) is 11.6 Å². The van der Waals surface area contributed by atoms with Crippen LogP contribution in [0.5, 0.6) is 0 Å². The minimum Gasteiger partial charge on any atom is -0.377 e. The Kier molecular flexibility index (Phi) is 2.27. The molecule has 3 nitrogen and oxygen atoms in total. The Labute approximate surface area is 83.1 Å². The van der Waals surface area contributed by atoms with Crippen LogP contribution < -0.4 is 0 Å². The Hall–Kier alpha value is -0.960. The number of ether oxygens (including phenoxy) is 1. The molecule has 0 unspecified atom stereocenters. The molecule has 0 aromatic heterocycles. The van der Waals surface area contributed by atoms with E-state index in [-0.39, 0.29) is 29.5 Å². The average molecular weight is 194 g/mol. The van der Waals surface area contributed by atoms with E-state index in [9.17, 15) is 9.59 Å². The zero-order valence-corrected chi connectivity index (χ0v) is 8.45. The van der Waals surface area contributed by atoms with Gasteiger partial charge in [0.05, 0.1) is 12.0 Å². The van der Waals surface area contributed by atoms with Crippen LogP contribution in [0.3, 0.4) is 0 Å². The van der Waals surface area contributed by atoms with Crippen LogP contribution >= 0.6 is 0 Å². The molecule has 0 aliphatic heterocycles. The molecule has 0 heterocycles. The maximum Gasteiger partial charge on any atom is 0.208 e. The van der Waals surface area contributed by atoms with Crippen molar-refractivity contribution in [3.8, 4) is 0 Å². The standard InChI is InChI=1S/C11H14O3/c1-3-14-9-5-7-6(2)4-8(9)11(13)10(7)12/h4,7-9H,3,5H2,1-2H3/t7-,8-,9-/m1/s1. The fourth-order valence-electron chi connectivity index (χ4n) is 2.35. The van der Waals surface area contributed by atoms with Crippen LogP contribution in [0.25, 0.3) is 0 Å². The first-order valence-electron chi connectivity index (χ1n) is 5.03. The van der Waals surface area contributed by atoms with Gasteiger partial charge in [0.1, 0.15) is 0 Å². The van der Waals surface area contributed by atoms with Crippen LogP contribution in [0.1, 0.15) is 20.3 Å². The highest BCUT2D eigenvalue weighted by Crippen LogP contribution is 2.37. The van der Waals surface area contributed by atoms with Gasteiger partial charge in [0.2, 0.25) is 11.6 Å². The number of carbonyl (C=O) groups excluding carboxylic acids is 2. The van der Waals surface area contributed by atoms with Crippen molar-refractivity contribution in [1.82, 2.24) is 0 Å². The van der Waals surface area contributed by atoms with Gasteiger partial charge in [-0.25, -0.2) is 0 Å². The lowest BCUT2D eigenvalue weighted by molar-refractivity contribution is -0.148. The Morgan fingerprint density at radius 1 is 1.43 bits per heavy atom. The molecule has 0 radical (unpaired) electrons. The molecule has 3 aliphatic rings. The molecule has 0 N–H and O–H groups in total. The summed E-state index contributed by atoms with van der Waals surface area (Å²) in [5, 5.41) is 0. The number of ketones is 2. The highest BCUT2D eigenvalue weighted by molar-refractivity contribution is 6.41. The summed E-state index contributed by atoms with van der Waals surface area (Å²) < 4.78 is 5.47. The number of fused-ring (bicyclic) bond motifs is 2. The maximum absolute atomic E-state index is 11.5. The van der Waals surface area contributed by atoms with E-state index in [0.717, 1.165) is 5.57 Å². The van der Waals surface area contributed by atoms with Crippen LogP contribution in [0, 0.1) is 11.8 Å². The second-order valence-electron chi connectivity index (χ2n) is 3.95. The molecule has 3 aliphatic carbocycles. The van der Waals surface area contributed by atoms with Crippen molar-refractivity contribution in [2.75, 3.05) is 6.61 Å². The Morgan fingerprint density at radius 3 is 2.79 bits per heavy atom. The summed E-state index contributed by atoms with van der Waals surface area (Å²) in [4.78, 5) is 23.0. The Balaban J connectivity index is 2.28. The minimum absolute atomic E-state index is 0.0705. The van der Waals surface area contributed by atoms with Gasteiger partial charge in [-0.3, -0.25) is 9.59 Å². The van der Waals surface area contributed by atoms with E-state index < -0.39 is 0 Å². The van der Waals surface area contributed by atoms with Gasteiger partial charge in [0.25, 0.3) is 0 Å². The summed E-state index contributed by atoms with van der Waals surface area (Å²) >= 11 is 0. The zero-order valence-electron chi connectivity index (χ0n) is 8.45. The predicted octanol–water partition coefficient (Wildman–Crippen LogP) is 1.13. The molecular weight excluding hydrogens is 180 g/mol. The summed E-state index contributed by atoms with van der Waals surface area (Å²) in [7, 11) is 0. The molecule has 3 heteroatoms. The molecule has 1 saturated carbocycles. The van der Waals surface area contributed by atoms with Gasteiger partial charge in [-0.2, -0.15) is 0 Å². The maximum atomic E-state index is 11.5.